The third kappa shape index (κ3) is 8.80. The molecule has 65 heavy (non-hydrogen) atoms. The standard InChI is InChI=1S/C35H27N2O.C24H28NSi.Ir/c1-35(2,3)24-20-21-30(28(22-24)23-12-5-4-6-13-23)37-31-18-9-8-17-29(31)36-34(37)27-16-11-15-26-25-14-7-10-19-32(25)38-33(26)27;1-26(2,3)24-17-25-23(16-20(24)15-18-9-4-5-10-18)22-14-8-12-19-11-6-7-13-21(19)22;/h4-15,17-22H,1-3H3;6-8,11-13,16-18H,4-5,9-10,15H2,1-3H3;/q2*-1;. The molecule has 7 aromatic carbocycles. The minimum atomic E-state index is -1.40. The van der Waals surface area contributed by atoms with Gasteiger partial charge in [-0.05, 0) is 70.1 Å². The fourth-order valence-corrected chi connectivity index (χ4v) is 11.3. The van der Waals surface area contributed by atoms with Crippen LogP contribution in [0.1, 0.15) is 57.6 Å². The van der Waals surface area contributed by atoms with Gasteiger partial charge >= 0.3 is 0 Å². The van der Waals surface area contributed by atoms with Crippen LogP contribution in [0.15, 0.2) is 162 Å². The second-order valence-electron chi connectivity index (χ2n) is 19.6. The van der Waals surface area contributed by atoms with Crippen LogP contribution in [0.3, 0.4) is 0 Å². The van der Waals surface area contributed by atoms with Gasteiger partial charge in [-0.25, -0.2) is 0 Å². The van der Waals surface area contributed by atoms with Crippen LogP contribution in [0.5, 0.6) is 0 Å². The maximum atomic E-state index is 6.42. The topological polar surface area (TPSA) is 43.9 Å². The number of rotatable bonds is 7. The Morgan fingerprint density at radius 3 is 2.18 bits per heavy atom. The van der Waals surface area contributed by atoms with E-state index in [2.05, 4.69) is 179 Å². The molecule has 3 aromatic heterocycles. The van der Waals surface area contributed by atoms with E-state index in [1.165, 1.54) is 64.8 Å². The second kappa shape index (κ2) is 18.2. The zero-order valence-corrected chi connectivity index (χ0v) is 41.6. The molecule has 1 saturated carbocycles. The number of aromatic nitrogens is 3. The Labute approximate surface area is 398 Å². The van der Waals surface area contributed by atoms with E-state index in [4.69, 9.17) is 14.4 Å². The first kappa shape index (κ1) is 44.3. The minimum Gasteiger partial charge on any atom is -0.501 e. The number of para-hydroxylation sites is 3. The Morgan fingerprint density at radius 2 is 1.40 bits per heavy atom. The van der Waals surface area contributed by atoms with Crippen LogP contribution in [0.2, 0.25) is 19.6 Å². The Hall–Kier alpha value is -5.91. The Bertz CT molecular complexity index is 3290. The monoisotopic (exact) mass is 1040 g/mol. The SMILES string of the molecule is CC(C)(C)c1ccc(-n2c(-c3[c-]ccc4c3oc3ccccc34)nc3ccccc32)c(-c2ccccc2)c1.C[Si](C)(C)c1cnc(-c2[c-]ccc3ccccc23)cc1CC1CCCC1.[Ir]. The van der Waals surface area contributed by atoms with Gasteiger partial charge in [0.2, 0.25) is 0 Å². The van der Waals surface area contributed by atoms with Crippen LogP contribution in [-0.2, 0) is 31.9 Å². The number of benzene rings is 7. The van der Waals surface area contributed by atoms with Crippen LogP contribution in [-0.4, -0.2) is 22.6 Å². The third-order valence-electron chi connectivity index (χ3n) is 13.1. The summed E-state index contributed by atoms with van der Waals surface area (Å²) in [5.41, 5.74) is 13.0. The number of pyridine rings is 1. The fourth-order valence-electron chi connectivity index (χ4n) is 9.72. The number of hydrogen-bond acceptors (Lipinski definition) is 3. The smallest absolute Gasteiger partial charge is 0.120 e. The predicted molar refractivity (Wildman–Crippen MR) is 271 cm³/mol. The molecular weight excluding hydrogens is 987 g/mol. The van der Waals surface area contributed by atoms with Crippen LogP contribution >= 0.6 is 0 Å². The maximum Gasteiger partial charge on any atom is 0.120 e. The average Bonchev–Trinajstić information content (AvgIpc) is 4.06. The van der Waals surface area contributed by atoms with Gasteiger partial charge in [-0.15, -0.1) is 47.3 Å². The van der Waals surface area contributed by atoms with Gasteiger partial charge in [0.15, 0.2) is 0 Å². The normalized spacial score (nSPS) is 13.3. The largest absolute Gasteiger partial charge is 0.501 e. The maximum absolute atomic E-state index is 6.42. The summed E-state index contributed by atoms with van der Waals surface area (Å²) >= 11 is 0. The molecule has 0 spiro atoms. The molecule has 0 atom stereocenters. The summed E-state index contributed by atoms with van der Waals surface area (Å²) in [6.45, 7) is 14.1. The molecule has 11 rings (SSSR count). The van der Waals surface area contributed by atoms with Crippen molar-refractivity contribution in [2.24, 2.45) is 5.92 Å². The van der Waals surface area contributed by atoms with Crippen molar-refractivity contribution in [3.63, 3.8) is 0 Å². The molecule has 1 aliphatic rings. The number of fused-ring (bicyclic) bond motifs is 5. The summed E-state index contributed by atoms with van der Waals surface area (Å²) in [5.74, 6) is 1.67. The van der Waals surface area contributed by atoms with E-state index in [-0.39, 0.29) is 25.5 Å². The van der Waals surface area contributed by atoms with Crippen LogP contribution < -0.4 is 5.19 Å². The number of furan rings is 1. The van der Waals surface area contributed by atoms with Crippen molar-refractivity contribution in [1.82, 2.24) is 14.5 Å². The summed E-state index contributed by atoms with van der Waals surface area (Å²) in [5, 5.41) is 6.21. The zero-order valence-electron chi connectivity index (χ0n) is 38.2. The van der Waals surface area contributed by atoms with Crippen LogP contribution in [0.25, 0.3) is 83.2 Å². The number of hydrogen-bond donors (Lipinski definition) is 0. The van der Waals surface area contributed by atoms with Crippen molar-refractivity contribution < 1.29 is 24.5 Å². The van der Waals surface area contributed by atoms with E-state index in [1.807, 2.05) is 36.4 Å². The summed E-state index contributed by atoms with van der Waals surface area (Å²) in [4.78, 5) is 10.1. The van der Waals surface area contributed by atoms with Crippen molar-refractivity contribution in [2.45, 2.75) is 77.9 Å². The molecule has 0 amide bonds. The first-order valence-electron chi connectivity index (χ1n) is 22.9. The number of imidazole rings is 1. The number of nitrogens with zero attached hydrogens (tertiary/aromatic N) is 3. The van der Waals surface area contributed by atoms with Gasteiger partial charge in [0.05, 0.1) is 30.5 Å². The average molecular weight is 1040 g/mol. The summed E-state index contributed by atoms with van der Waals surface area (Å²) in [6, 6.07) is 60.0. The van der Waals surface area contributed by atoms with Gasteiger partial charge in [-0.3, -0.25) is 4.98 Å². The van der Waals surface area contributed by atoms with Crippen molar-refractivity contribution >= 4 is 57.0 Å². The molecular formula is C59H55IrN3OSi-2. The molecule has 1 radical (unpaired) electrons. The first-order valence-corrected chi connectivity index (χ1v) is 26.4. The van der Waals surface area contributed by atoms with E-state index in [9.17, 15) is 0 Å². The van der Waals surface area contributed by atoms with Crippen molar-refractivity contribution in [2.75, 3.05) is 0 Å². The molecule has 1 fully saturated rings. The zero-order chi connectivity index (χ0) is 44.0. The summed E-state index contributed by atoms with van der Waals surface area (Å²) in [6.07, 6.45) is 9.00. The molecule has 4 nitrogen and oxygen atoms in total. The fraction of sp³-hybridized carbons (Fsp3) is 0.220. The molecule has 0 bridgehead atoms. The minimum absolute atomic E-state index is 0. The predicted octanol–water partition coefficient (Wildman–Crippen LogP) is 15.3. The first-order chi connectivity index (χ1) is 31.0. The van der Waals surface area contributed by atoms with Gasteiger partial charge in [0.25, 0.3) is 0 Å². The summed E-state index contributed by atoms with van der Waals surface area (Å²) < 4.78 is 8.69. The molecule has 0 saturated heterocycles. The van der Waals surface area contributed by atoms with E-state index < -0.39 is 8.07 Å². The van der Waals surface area contributed by atoms with Crippen molar-refractivity contribution in [3.8, 4) is 39.5 Å². The van der Waals surface area contributed by atoms with Crippen molar-refractivity contribution in [1.29, 1.82) is 0 Å². The van der Waals surface area contributed by atoms with E-state index >= 15 is 0 Å². The van der Waals surface area contributed by atoms with Crippen LogP contribution in [0, 0.1) is 18.1 Å². The van der Waals surface area contributed by atoms with Gasteiger partial charge in [-0.2, -0.15) is 0 Å². The van der Waals surface area contributed by atoms with Crippen LogP contribution in [0.4, 0.5) is 0 Å². The van der Waals surface area contributed by atoms with Gasteiger partial charge in [0, 0.05) is 42.9 Å². The molecule has 10 aromatic rings. The molecule has 3 heterocycles. The Kier molecular flexibility index (Phi) is 12.4. The molecule has 0 N–H and O–H groups in total. The molecule has 6 heteroatoms. The third-order valence-corrected chi connectivity index (χ3v) is 15.1. The van der Waals surface area contributed by atoms with E-state index in [1.54, 1.807) is 5.56 Å². The Balaban J connectivity index is 0.000000173. The van der Waals surface area contributed by atoms with Gasteiger partial charge in [-0.1, -0.05) is 185 Å². The van der Waals surface area contributed by atoms with E-state index in [0.717, 1.165) is 67.2 Å². The molecule has 0 aliphatic heterocycles. The van der Waals surface area contributed by atoms with Crippen molar-refractivity contribution in [3.05, 3.63) is 181 Å². The second-order valence-corrected chi connectivity index (χ2v) is 24.6. The molecule has 0 unspecified atom stereocenters. The Morgan fingerprint density at radius 1 is 0.708 bits per heavy atom. The van der Waals surface area contributed by atoms with Gasteiger partial charge in [0.1, 0.15) is 5.58 Å². The quantitative estimate of drug-likeness (QED) is 0.118. The van der Waals surface area contributed by atoms with Gasteiger partial charge < -0.3 is 14.0 Å². The summed E-state index contributed by atoms with van der Waals surface area (Å²) in [7, 11) is -1.40. The molecule has 327 valence electrons. The van der Waals surface area contributed by atoms with E-state index in [0.29, 0.717) is 0 Å². The molecule has 1 aliphatic carbocycles.